The van der Waals surface area contributed by atoms with Gasteiger partial charge in [0.2, 0.25) is 0 Å². The van der Waals surface area contributed by atoms with E-state index in [-0.39, 0.29) is 11.3 Å². The van der Waals surface area contributed by atoms with E-state index >= 15 is 0 Å². The smallest absolute Gasteiger partial charge is 0.295 e. The van der Waals surface area contributed by atoms with Gasteiger partial charge in [-0.05, 0) is 67.9 Å². The molecule has 1 unspecified atom stereocenters. The maximum atomic E-state index is 13.6. The van der Waals surface area contributed by atoms with E-state index in [4.69, 9.17) is 4.74 Å². The van der Waals surface area contributed by atoms with Crippen LogP contribution in [0.25, 0.3) is 5.76 Å². The molecule has 1 heterocycles. The number of Topliss-reactive ketones (excluding diaryl/α,β-unsaturated/α-hetero) is 1. The van der Waals surface area contributed by atoms with Crippen LogP contribution < -0.4 is 4.74 Å². The van der Waals surface area contributed by atoms with Crippen molar-refractivity contribution in [3.05, 3.63) is 70.5 Å². The Balaban J connectivity index is 2.06. The van der Waals surface area contributed by atoms with Crippen molar-refractivity contribution in [3.63, 3.8) is 0 Å². The van der Waals surface area contributed by atoms with Gasteiger partial charge < -0.3 is 19.6 Å². The van der Waals surface area contributed by atoms with E-state index in [2.05, 4.69) is 4.90 Å². The number of aliphatic hydroxyl groups is 1. The van der Waals surface area contributed by atoms with Gasteiger partial charge in [0.05, 0.1) is 18.2 Å². The van der Waals surface area contributed by atoms with Gasteiger partial charge >= 0.3 is 0 Å². The molecule has 6 nitrogen and oxygen atoms in total. The average molecular weight is 469 g/mol. The summed E-state index contributed by atoms with van der Waals surface area (Å²) in [4.78, 5) is 29.8. The van der Waals surface area contributed by atoms with Crippen molar-refractivity contribution in [1.29, 1.82) is 0 Å². The first-order valence-electron chi connectivity index (χ1n) is 11.8. The van der Waals surface area contributed by atoms with E-state index in [9.17, 15) is 19.1 Å². The zero-order valence-corrected chi connectivity index (χ0v) is 20.3. The predicted molar refractivity (Wildman–Crippen MR) is 130 cm³/mol. The number of aliphatic hydroxyl groups excluding tert-OH is 1. The number of ketones is 1. The number of hydrogen-bond acceptors (Lipinski definition) is 5. The first-order chi connectivity index (χ1) is 16.3. The van der Waals surface area contributed by atoms with Gasteiger partial charge in [-0.3, -0.25) is 9.59 Å². The second-order valence-electron chi connectivity index (χ2n) is 8.40. The first kappa shape index (κ1) is 25.4. The standard InChI is InChI=1S/C27H33FN2O4/c1-5-16-34-22-13-10-20(17-18(22)4)25(31)23-24(19-8-11-21(28)12-9-19)30(27(33)26(23)32)15-14-29(6-2)7-3/h8-13,17,24,31H,5-7,14-16H2,1-4H3. The summed E-state index contributed by atoms with van der Waals surface area (Å²) in [7, 11) is 0. The largest absolute Gasteiger partial charge is 0.507 e. The molecule has 2 aromatic rings. The number of ether oxygens (including phenoxy) is 1. The van der Waals surface area contributed by atoms with E-state index < -0.39 is 23.5 Å². The number of benzene rings is 2. The number of aryl methyl sites for hydroxylation is 1. The van der Waals surface area contributed by atoms with Gasteiger partial charge in [0.1, 0.15) is 17.3 Å². The molecule has 1 saturated heterocycles. The number of halogens is 1. The molecule has 34 heavy (non-hydrogen) atoms. The molecule has 1 amide bonds. The Bertz CT molecular complexity index is 1060. The molecule has 3 rings (SSSR count). The molecule has 182 valence electrons. The molecular formula is C27H33FN2O4. The third-order valence-electron chi connectivity index (χ3n) is 6.19. The maximum Gasteiger partial charge on any atom is 0.295 e. The molecule has 0 aliphatic carbocycles. The summed E-state index contributed by atoms with van der Waals surface area (Å²) in [5.74, 6) is -1.36. The number of rotatable bonds is 10. The number of likely N-dealkylation sites (N-methyl/N-ethyl adjacent to an activating group) is 1. The highest BCUT2D eigenvalue weighted by Crippen LogP contribution is 2.39. The Hall–Kier alpha value is -3.19. The van der Waals surface area contributed by atoms with Crippen molar-refractivity contribution in [2.45, 2.75) is 40.2 Å². The Labute approximate surface area is 200 Å². The van der Waals surface area contributed by atoms with Crippen molar-refractivity contribution in [2.75, 3.05) is 32.8 Å². The summed E-state index contributed by atoms with van der Waals surface area (Å²) in [6, 6.07) is 10.1. The summed E-state index contributed by atoms with van der Waals surface area (Å²) in [6.07, 6.45) is 0.871. The van der Waals surface area contributed by atoms with Gasteiger partial charge in [-0.1, -0.05) is 32.9 Å². The molecule has 0 radical (unpaired) electrons. The molecule has 0 spiro atoms. The predicted octanol–water partition coefficient (Wildman–Crippen LogP) is 4.69. The highest BCUT2D eigenvalue weighted by molar-refractivity contribution is 6.46. The van der Waals surface area contributed by atoms with Gasteiger partial charge in [0.25, 0.3) is 11.7 Å². The minimum absolute atomic E-state index is 0.0118. The van der Waals surface area contributed by atoms with Crippen LogP contribution >= 0.6 is 0 Å². The first-order valence-corrected chi connectivity index (χ1v) is 11.8. The summed E-state index contributed by atoms with van der Waals surface area (Å²) in [5, 5.41) is 11.2. The lowest BCUT2D eigenvalue weighted by molar-refractivity contribution is -0.140. The fraction of sp³-hybridized carbons (Fsp3) is 0.407. The van der Waals surface area contributed by atoms with E-state index in [1.54, 1.807) is 30.3 Å². The summed E-state index contributed by atoms with van der Waals surface area (Å²) in [6.45, 7) is 11.0. The van der Waals surface area contributed by atoms with Crippen LogP contribution in [0, 0.1) is 12.7 Å². The fourth-order valence-corrected chi connectivity index (χ4v) is 4.22. The molecule has 1 aliphatic rings. The number of carbonyl (C=O) groups is 2. The summed E-state index contributed by atoms with van der Waals surface area (Å²) >= 11 is 0. The minimum atomic E-state index is -0.799. The van der Waals surface area contributed by atoms with E-state index in [0.29, 0.717) is 36.6 Å². The Kier molecular flexibility index (Phi) is 8.45. The number of hydrogen-bond donors (Lipinski definition) is 1. The number of carbonyl (C=O) groups excluding carboxylic acids is 2. The lowest BCUT2D eigenvalue weighted by Crippen LogP contribution is -2.38. The zero-order valence-electron chi connectivity index (χ0n) is 20.3. The fourth-order valence-electron chi connectivity index (χ4n) is 4.22. The third kappa shape index (κ3) is 5.30. The molecule has 1 aliphatic heterocycles. The van der Waals surface area contributed by atoms with Crippen LogP contribution in [0.2, 0.25) is 0 Å². The maximum absolute atomic E-state index is 13.6. The second kappa shape index (κ2) is 11.3. The summed E-state index contributed by atoms with van der Waals surface area (Å²) < 4.78 is 19.3. The topological polar surface area (TPSA) is 70.1 Å². The number of nitrogens with zero attached hydrogens (tertiary/aromatic N) is 2. The van der Waals surface area contributed by atoms with Crippen LogP contribution in [0.4, 0.5) is 4.39 Å². The molecular weight excluding hydrogens is 435 g/mol. The number of likely N-dealkylation sites (tertiary alicyclic amines) is 1. The van der Waals surface area contributed by atoms with Crippen LogP contribution in [0.5, 0.6) is 5.75 Å². The minimum Gasteiger partial charge on any atom is -0.507 e. The third-order valence-corrected chi connectivity index (χ3v) is 6.19. The van der Waals surface area contributed by atoms with Crippen LogP contribution in [-0.4, -0.2) is 59.4 Å². The normalized spacial score (nSPS) is 17.6. The van der Waals surface area contributed by atoms with Crippen LogP contribution in [0.1, 0.15) is 49.9 Å². The number of amides is 1. The van der Waals surface area contributed by atoms with Crippen LogP contribution in [-0.2, 0) is 9.59 Å². The van der Waals surface area contributed by atoms with Crippen LogP contribution in [0.15, 0.2) is 48.0 Å². The van der Waals surface area contributed by atoms with Gasteiger partial charge in [0.15, 0.2) is 0 Å². The van der Waals surface area contributed by atoms with Crippen molar-refractivity contribution in [2.24, 2.45) is 0 Å². The van der Waals surface area contributed by atoms with Crippen molar-refractivity contribution in [3.8, 4) is 5.75 Å². The van der Waals surface area contributed by atoms with Gasteiger partial charge in [-0.2, -0.15) is 0 Å². The van der Waals surface area contributed by atoms with Gasteiger partial charge in [-0.15, -0.1) is 0 Å². The highest BCUT2D eigenvalue weighted by Gasteiger charge is 2.46. The molecule has 0 saturated carbocycles. The Morgan fingerprint density at radius 3 is 2.35 bits per heavy atom. The zero-order chi connectivity index (χ0) is 24.8. The van der Waals surface area contributed by atoms with Crippen molar-refractivity contribution < 1.29 is 23.8 Å². The lowest BCUT2D eigenvalue weighted by Gasteiger charge is -2.28. The van der Waals surface area contributed by atoms with Gasteiger partial charge in [0, 0.05) is 18.7 Å². The van der Waals surface area contributed by atoms with E-state index in [1.165, 1.54) is 17.0 Å². The molecule has 1 atom stereocenters. The highest BCUT2D eigenvalue weighted by atomic mass is 19.1. The second-order valence-corrected chi connectivity index (χ2v) is 8.40. The summed E-state index contributed by atoms with van der Waals surface area (Å²) in [5.41, 5.74) is 1.82. The average Bonchev–Trinajstić information content (AvgIpc) is 3.09. The molecule has 0 bridgehead atoms. The van der Waals surface area contributed by atoms with Crippen LogP contribution in [0.3, 0.4) is 0 Å². The van der Waals surface area contributed by atoms with E-state index in [0.717, 1.165) is 25.1 Å². The molecule has 2 aromatic carbocycles. The molecule has 1 N–H and O–H groups in total. The molecule has 7 heteroatoms. The van der Waals surface area contributed by atoms with E-state index in [1.807, 2.05) is 27.7 Å². The Morgan fingerprint density at radius 2 is 1.76 bits per heavy atom. The Morgan fingerprint density at radius 1 is 1.09 bits per heavy atom. The molecule has 0 aromatic heterocycles. The van der Waals surface area contributed by atoms with Crippen molar-refractivity contribution >= 4 is 17.4 Å². The monoisotopic (exact) mass is 468 g/mol. The van der Waals surface area contributed by atoms with Gasteiger partial charge in [-0.25, -0.2) is 4.39 Å². The lowest BCUT2D eigenvalue weighted by atomic mass is 9.94. The quantitative estimate of drug-likeness (QED) is 0.311. The SMILES string of the molecule is CCCOc1ccc(C(O)=C2C(=O)C(=O)N(CCN(CC)CC)C2c2ccc(F)cc2)cc1C. The molecule has 1 fully saturated rings. The van der Waals surface area contributed by atoms with Crippen molar-refractivity contribution in [1.82, 2.24) is 9.80 Å².